The Kier molecular flexibility index (Phi) is 4.98. The standard InChI is InChI=1S/C11H17N3O4S/c1-8-6-10(7-11(9(8)2)14(15)16)19(17,18)13-5-4-12-3/h6-7,12-13H,4-5H2,1-3H3. The molecule has 0 fully saturated rings. The van der Waals surface area contributed by atoms with E-state index in [0.29, 0.717) is 17.7 Å². The Morgan fingerprint density at radius 2 is 1.89 bits per heavy atom. The molecule has 0 spiro atoms. The number of aryl methyl sites for hydroxylation is 1. The molecule has 7 nitrogen and oxygen atoms in total. The Hall–Kier alpha value is -1.51. The van der Waals surface area contributed by atoms with Crippen LogP contribution in [0.25, 0.3) is 0 Å². The van der Waals surface area contributed by atoms with Crippen molar-refractivity contribution < 1.29 is 13.3 Å². The normalized spacial score (nSPS) is 11.5. The van der Waals surface area contributed by atoms with E-state index < -0.39 is 14.9 Å². The Bertz CT molecular complexity index is 584. The maximum atomic E-state index is 12.0. The minimum absolute atomic E-state index is 0.0848. The molecule has 0 aromatic heterocycles. The zero-order valence-electron chi connectivity index (χ0n) is 11.1. The SMILES string of the molecule is CNCCNS(=O)(=O)c1cc(C)c(C)c([N+](=O)[O-])c1. The molecule has 1 rings (SSSR count). The molecule has 0 radical (unpaired) electrons. The fourth-order valence-corrected chi connectivity index (χ4v) is 2.68. The smallest absolute Gasteiger partial charge is 0.273 e. The Labute approximate surface area is 112 Å². The summed E-state index contributed by atoms with van der Waals surface area (Å²) in [6.45, 7) is 3.94. The molecular formula is C11H17N3O4S. The summed E-state index contributed by atoms with van der Waals surface area (Å²) in [6, 6.07) is 2.52. The Balaban J connectivity index is 3.17. The highest BCUT2D eigenvalue weighted by atomic mass is 32.2. The van der Waals surface area contributed by atoms with Gasteiger partial charge in [0.25, 0.3) is 5.69 Å². The van der Waals surface area contributed by atoms with Gasteiger partial charge < -0.3 is 5.32 Å². The molecule has 0 heterocycles. The summed E-state index contributed by atoms with van der Waals surface area (Å²) in [5.74, 6) is 0. The largest absolute Gasteiger partial charge is 0.318 e. The van der Waals surface area contributed by atoms with Gasteiger partial charge in [0.2, 0.25) is 10.0 Å². The molecule has 0 saturated heterocycles. The molecule has 1 aromatic carbocycles. The van der Waals surface area contributed by atoms with Crippen LogP contribution in [0.15, 0.2) is 17.0 Å². The van der Waals surface area contributed by atoms with Gasteiger partial charge in [-0.15, -0.1) is 0 Å². The summed E-state index contributed by atoms with van der Waals surface area (Å²) in [5, 5.41) is 13.7. The van der Waals surface area contributed by atoms with E-state index in [-0.39, 0.29) is 17.1 Å². The van der Waals surface area contributed by atoms with Crippen LogP contribution in [0.3, 0.4) is 0 Å². The molecule has 0 aliphatic carbocycles. The average molecular weight is 287 g/mol. The monoisotopic (exact) mass is 287 g/mol. The van der Waals surface area contributed by atoms with Crippen LogP contribution in [0, 0.1) is 24.0 Å². The van der Waals surface area contributed by atoms with Gasteiger partial charge in [-0.25, -0.2) is 13.1 Å². The van der Waals surface area contributed by atoms with Crippen LogP contribution >= 0.6 is 0 Å². The highest BCUT2D eigenvalue weighted by molar-refractivity contribution is 7.89. The third-order valence-corrected chi connectivity index (χ3v) is 4.23. The summed E-state index contributed by atoms with van der Waals surface area (Å²) < 4.78 is 26.3. The second kappa shape index (κ2) is 6.09. The number of nitro groups is 1. The quantitative estimate of drug-likeness (QED) is 0.456. The van der Waals surface area contributed by atoms with Crippen molar-refractivity contribution in [2.75, 3.05) is 20.1 Å². The highest BCUT2D eigenvalue weighted by Crippen LogP contribution is 2.25. The maximum Gasteiger partial charge on any atom is 0.273 e. The number of nitro benzene ring substituents is 1. The van der Waals surface area contributed by atoms with E-state index in [2.05, 4.69) is 10.0 Å². The van der Waals surface area contributed by atoms with Gasteiger partial charge >= 0.3 is 0 Å². The molecule has 0 saturated carbocycles. The van der Waals surface area contributed by atoms with E-state index in [1.165, 1.54) is 6.07 Å². The van der Waals surface area contributed by atoms with Crippen molar-refractivity contribution in [2.45, 2.75) is 18.7 Å². The summed E-state index contributed by atoms with van der Waals surface area (Å²) in [6.07, 6.45) is 0. The van der Waals surface area contributed by atoms with Gasteiger partial charge in [-0.05, 0) is 32.5 Å². The molecule has 0 atom stereocenters. The predicted octanol–water partition coefficient (Wildman–Crippen LogP) is 0.709. The van der Waals surface area contributed by atoms with Crippen LogP contribution in [0.5, 0.6) is 0 Å². The van der Waals surface area contributed by atoms with Gasteiger partial charge in [0.15, 0.2) is 0 Å². The fourth-order valence-electron chi connectivity index (χ4n) is 1.55. The summed E-state index contributed by atoms with van der Waals surface area (Å²) in [7, 11) is -2.02. The van der Waals surface area contributed by atoms with Crippen LogP contribution < -0.4 is 10.0 Å². The zero-order chi connectivity index (χ0) is 14.6. The van der Waals surface area contributed by atoms with Crippen molar-refractivity contribution in [3.63, 3.8) is 0 Å². The van der Waals surface area contributed by atoms with E-state index in [1.807, 2.05) is 0 Å². The topological polar surface area (TPSA) is 101 Å². The molecule has 106 valence electrons. The van der Waals surface area contributed by atoms with Crippen molar-refractivity contribution in [3.05, 3.63) is 33.4 Å². The number of nitrogens with one attached hydrogen (secondary N) is 2. The number of hydrogen-bond acceptors (Lipinski definition) is 5. The minimum atomic E-state index is -3.72. The molecule has 0 bridgehead atoms. The lowest BCUT2D eigenvalue weighted by molar-refractivity contribution is -0.385. The molecule has 0 aliphatic rings. The van der Waals surface area contributed by atoms with E-state index in [4.69, 9.17) is 0 Å². The second-order valence-electron chi connectivity index (χ2n) is 4.14. The summed E-state index contributed by atoms with van der Waals surface area (Å²) >= 11 is 0. The number of hydrogen-bond donors (Lipinski definition) is 2. The van der Waals surface area contributed by atoms with Gasteiger partial charge in [0.1, 0.15) is 0 Å². The van der Waals surface area contributed by atoms with E-state index in [9.17, 15) is 18.5 Å². The maximum absolute atomic E-state index is 12.0. The van der Waals surface area contributed by atoms with E-state index in [0.717, 1.165) is 6.07 Å². The summed E-state index contributed by atoms with van der Waals surface area (Å²) in [5.41, 5.74) is 0.858. The third-order valence-electron chi connectivity index (χ3n) is 2.79. The molecule has 1 aromatic rings. The van der Waals surface area contributed by atoms with Crippen molar-refractivity contribution in [1.29, 1.82) is 0 Å². The van der Waals surface area contributed by atoms with Crippen LogP contribution in [0.1, 0.15) is 11.1 Å². The van der Waals surface area contributed by atoms with Crippen LogP contribution in [-0.2, 0) is 10.0 Å². The van der Waals surface area contributed by atoms with Crippen molar-refractivity contribution in [1.82, 2.24) is 10.0 Å². The highest BCUT2D eigenvalue weighted by Gasteiger charge is 2.21. The molecule has 2 N–H and O–H groups in total. The van der Waals surface area contributed by atoms with E-state index in [1.54, 1.807) is 20.9 Å². The van der Waals surface area contributed by atoms with Gasteiger partial charge in [0, 0.05) is 24.7 Å². The summed E-state index contributed by atoms with van der Waals surface area (Å²) in [4.78, 5) is 10.2. The second-order valence-corrected chi connectivity index (χ2v) is 5.91. The van der Waals surface area contributed by atoms with Crippen LogP contribution in [0.2, 0.25) is 0 Å². The first-order valence-electron chi connectivity index (χ1n) is 5.69. The van der Waals surface area contributed by atoms with Gasteiger partial charge in [-0.3, -0.25) is 10.1 Å². The molecule has 0 aliphatic heterocycles. The number of rotatable bonds is 6. The van der Waals surface area contributed by atoms with Crippen molar-refractivity contribution in [3.8, 4) is 0 Å². The lowest BCUT2D eigenvalue weighted by Gasteiger charge is -2.09. The average Bonchev–Trinajstić information content (AvgIpc) is 2.32. The van der Waals surface area contributed by atoms with Crippen LogP contribution in [-0.4, -0.2) is 33.5 Å². The molecule has 0 amide bonds. The third kappa shape index (κ3) is 3.72. The molecule has 19 heavy (non-hydrogen) atoms. The fraction of sp³-hybridized carbons (Fsp3) is 0.455. The van der Waals surface area contributed by atoms with Gasteiger partial charge in [-0.2, -0.15) is 0 Å². The zero-order valence-corrected chi connectivity index (χ0v) is 11.9. The molecule has 8 heteroatoms. The number of sulfonamides is 1. The predicted molar refractivity (Wildman–Crippen MR) is 71.7 cm³/mol. The van der Waals surface area contributed by atoms with Crippen LogP contribution in [0.4, 0.5) is 5.69 Å². The van der Waals surface area contributed by atoms with Gasteiger partial charge in [0.05, 0.1) is 9.82 Å². The minimum Gasteiger partial charge on any atom is -0.318 e. The van der Waals surface area contributed by atoms with E-state index >= 15 is 0 Å². The number of likely N-dealkylation sites (N-methyl/N-ethyl adjacent to an activating group) is 1. The Morgan fingerprint density at radius 1 is 1.26 bits per heavy atom. The first-order valence-corrected chi connectivity index (χ1v) is 7.18. The van der Waals surface area contributed by atoms with Crippen molar-refractivity contribution >= 4 is 15.7 Å². The lowest BCUT2D eigenvalue weighted by Crippen LogP contribution is -2.30. The van der Waals surface area contributed by atoms with Gasteiger partial charge in [-0.1, -0.05) is 0 Å². The number of benzene rings is 1. The molecule has 0 unspecified atom stereocenters. The Morgan fingerprint density at radius 3 is 2.42 bits per heavy atom. The lowest BCUT2D eigenvalue weighted by atomic mass is 10.1. The number of nitrogens with zero attached hydrogens (tertiary/aromatic N) is 1. The molecular weight excluding hydrogens is 270 g/mol. The first kappa shape index (κ1) is 15.5. The first-order chi connectivity index (χ1) is 8.79. The van der Waals surface area contributed by atoms with Crippen molar-refractivity contribution in [2.24, 2.45) is 0 Å².